The van der Waals surface area contributed by atoms with Crippen LogP contribution in [0.4, 0.5) is 34.1 Å². The van der Waals surface area contributed by atoms with Crippen LogP contribution in [0.3, 0.4) is 0 Å². The van der Waals surface area contributed by atoms with Crippen molar-refractivity contribution in [3.63, 3.8) is 0 Å². The van der Waals surface area contributed by atoms with Crippen molar-refractivity contribution in [1.29, 1.82) is 0 Å². The van der Waals surface area contributed by atoms with Gasteiger partial charge in [0, 0.05) is 66.8 Å². The lowest BCUT2D eigenvalue weighted by atomic mass is 9.67. The highest BCUT2D eigenvalue weighted by Gasteiger charge is 2.48. The molecule has 0 spiro atoms. The quantitative estimate of drug-likeness (QED) is 0.0910. The minimum atomic E-state index is -0.513. The van der Waals surface area contributed by atoms with Crippen LogP contribution in [-0.4, -0.2) is 0 Å². The minimum Gasteiger partial charge on any atom is -0.455 e. The number of anilines is 6. The van der Waals surface area contributed by atoms with E-state index in [0.717, 1.165) is 123 Å². The highest BCUT2D eigenvalue weighted by molar-refractivity contribution is 6.13. The molecule has 2 aromatic heterocycles. The molecule has 0 aliphatic heterocycles. The Balaban J connectivity index is 0.000000146. The lowest BCUT2D eigenvalue weighted by Gasteiger charge is -2.34. The third-order valence-corrected chi connectivity index (χ3v) is 27.1. The second-order valence-electron chi connectivity index (χ2n) is 34.4. The van der Waals surface area contributed by atoms with Crippen molar-refractivity contribution in [2.45, 2.75) is 10.8 Å². The molecule has 0 atom stereocenters. The van der Waals surface area contributed by atoms with Crippen LogP contribution in [-0.2, 0) is 10.8 Å². The molecule has 0 N–H and O–H groups in total. The molecule has 0 bridgehead atoms. The van der Waals surface area contributed by atoms with E-state index in [1.54, 1.807) is 0 Å². The fraction of sp³-hybridized carbons (Fsp3) is 0.0156. The van der Waals surface area contributed by atoms with Gasteiger partial charge in [0.25, 0.3) is 0 Å². The molecule has 0 fully saturated rings. The van der Waals surface area contributed by atoms with Gasteiger partial charge in [0.15, 0.2) is 0 Å². The van der Waals surface area contributed by atoms with Gasteiger partial charge < -0.3 is 18.6 Å². The fourth-order valence-corrected chi connectivity index (χ4v) is 21.0. The Labute approximate surface area is 768 Å². The van der Waals surface area contributed by atoms with Gasteiger partial charge in [-0.1, -0.05) is 400 Å². The number of hydrogen-bond donors (Lipinski definition) is 0. The van der Waals surface area contributed by atoms with Crippen molar-refractivity contribution >= 4 is 78.0 Å². The molecule has 0 amide bonds. The van der Waals surface area contributed by atoms with Crippen LogP contribution in [0.1, 0.15) is 44.5 Å². The SMILES string of the molecule is c1ccc(-c2ccc(N(c3ccc(-c4ccccc4)cc3)c3ccc(-c4cc(-c5ccc6c(c5)C(c5ccccc5)(c5ccccc5)c5ccccc5-6)c5oc6ccccc6c5c4)cc3)cc2)cc1.c1ccc(-c2ccc(N(c3ccccc3)c3ccc(-c4cc(-c5ccc6c(c5)C(c5ccccc5)(c5ccccc5)c5ccccc5-6)c5oc6ccccc6c5c4)cc3)cc2)cc1. The Morgan fingerprint density at radius 2 is 0.379 bits per heavy atom. The summed E-state index contributed by atoms with van der Waals surface area (Å²) in [6, 6.07) is 189. The number of nitrogens with zero attached hydrogens (tertiary/aromatic N) is 2. The predicted molar refractivity (Wildman–Crippen MR) is 549 cm³/mol. The van der Waals surface area contributed by atoms with Crippen molar-refractivity contribution in [3.05, 3.63) is 566 Å². The van der Waals surface area contributed by atoms with Crippen molar-refractivity contribution < 1.29 is 8.83 Å². The first-order valence-corrected chi connectivity index (χ1v) is 45.4. The van der Waals surface area contributed by atoms with E-state index in [4.69, 9.17) is 8.83 Å². The Bertz CT molecular complexity index is 8000. The molecule has 2 aliphatic rings. The van der Waals surface area contributed by atoms with Crippen LogP contribution in [0.15, 0.2) is 531 Å². The van der Waals surface area contributed by atoms with Crippen LogP contribution in [0, 0.1) is 0 Å². The van der Waals surface area contributed by atoms with Gasteiger partial charge in [-0.25, -0.2) is 0 Å². The van der Waals surface area contributed by atoms with E-state index < -0.39 is 10.8 Å². The van der Waals surface area contributed by atoms with Crippen molar-refractivity contribution in [2.24, 2.45) is 0 Å². The van der Waals surface area contributed by atoms with Gasteiger partial charge in [-0.3, -0.25) is 0 Å². The molecule has 0 radical (unpaired) electrons. The van der Waals surface area contributed by atoms with E-state index in [1.165, 1.54) is 100 Å². The maximum atomic E-state index is 6.85. The number of benzene rings is 21. The molecule has 2 heterocycles. The second-order valence-corrected chi connectivity index (χ2v) is 34.4. The maximum absolute atomic E-state index is 6.85. The highest BCUT2D eigenvalue weighted by atomic mass is 16.3. The van der Waals surface area contributed by atoms with Gasteiger partial charge in [-0.15, -0.1) is 0 Å². The van der Waals surface area contributed by atoms with Gasteiger partial charge in [0.2, 0.25) is 0 Å². The fourth-order valence-electron chi connectivity index (χ4n) is 21.0. The van der Waals surface area contributed by atoms with Crippen LogP contribution >= 0.6 is 0 Å². The van der Waals surface area contributed by atoms with E-state index in [-0.39, 0.29) is 0 Å². The van der Waals surface area contributed by atoms with Crippen molar-refractivity contribution in [2.75, 3.05) is 9.80 Å². The standard InChI is InChI=1S/C67H45NO.C61H41NO/c1-5-17-46(18-6-1)48-29-36-55(37-30-48)68(56-38-31-49(32-39-56)47-19-7-2-8-20-47)57-40-33-50(34-41-57)52-43-61(66-62(44-52)60-26-14-16-28-65(60)69-66)51-35-42-59-58-25-13-15-27-63(58)67(64(59)45-51,53-21-9-3-10-22-53)54-23-11-4-12-24-54;1-5-17-42(18-6-1)43-29-34-50(35-30-43)62(49-23-11-4-12-24-49)51-36-31-44(32-37-51)46-39-55(60-56(40-46)54-26-14-16-28-59(54)63-60)45-33-38-53-52-25-13-15-27-57(52)61(58(53)41-45,47-19-7-2-8-20-47)48-21-9-3-10-22-48/h1-45H;1-41H. The molecule has 132 heavy (non-hydrogen) atoms. The van der Waals surface area contributed by atoms with Crippen LogP contribution in [0.5, 0.6) is 0 Å². The van der Waals surface area contributed by atoms with E-state index in [2.05, 4.69) is 532 Å². The van der Waals surface area contributed by atoms with Gasteiger partial charge >= 0.3 is 0 Å². The summed E-state index contributed by atoms with van der Waals surface area (Å²) in [6.07, 6.45) is 0. The zero-order chi connectivity index (χ0) is 87.5. The summed E-state index contributed by atoms with van der Waals surface area (Å²) in [7, 11) is 0. The first kappa shape index (κ1) is 78.3. The van der Waals surface area contributed by atoms with Crippen LogP contribution < -0.4 is 9.80 Å². The maximum Gasteiger partial charge on any atom is 0.143 e. The number of para-hydroxylation sites is 3. The highest BCUT2D eigenvalue weighted by Crippen LogP contribution is 2.60. The van der Waals surface area contributed by atoms with Crippen molar-refractivity contribution in [3.8, 4) is 100 Å². The summed E-state index contributed by atoms with van der Waals surface area (Å²) in [5.74, 6) is 0. The molecular weight excluding hydrogens is 1600 g/mol. The summed E-state index contributed by atoms with van der Waals surface area (Å²) >= 11 is 0. The van der Waals surface area contributed by atoms with Crippen LogP contribution in [0.25, 0.3) is 144 Å². The smallest absolute Gasteiger partial charge is 0.143 e. The summed E-state index contributed by atoms with van der Waals surface area (Å²) in [5.41, 5.74) is 40.3. The Morgan fingerprint density at radius 3 is 0.697 bits per heavy atom. The minimum absolute atomic E-state index is 0.503. The van der Waals surface area contributed by atoms with Gasteiger partial charge in [0.05, 0.1) is 10.8 Å². The van der Waals surface area contributed by atoms with Gasteiger partial charge in [-0.05, 0) is 255 Å². The molecule has 4 heteroatoms. The molecule has 0 saturated heterocycles. The summed E-state index contributed by atoms with van der Waals surface area (Å²) in [5, 5.41) is 4.42. The molecular formula is C128H86N2O2. The van der Waals surface area contributed by atoms with Gasteiger partial charge in [0.1, 0.15) is 22.3 Å². The summed E-state index contributed by atoms with van der Waals surface area (Å²) in [4.78, 5) is 4.67. The first-order valence-electron chi connectivity index (χ1n) is 45.4. The van der Waals surface area contributed by atoms with Crippen molar-refractivity contribution in [1.82, 2.24) is 0 Å². The summed E-state index contributed by atoms with van der Waals surface area (Å²) < 4.78 is 13.7. The Morgan fingerprint density at radius 1 is 0.144 bits per heavy atom. The van der Waals surface area contributed by atoms with E-state index in [9.17, 15) is 0 Å². The molecule has 2 aliphatic carbocycles. The Kier molecular flexibility index (Phi) is 19.7. The van der Waals surface area contributed by atoms with E-state index in [1.807, 2.05) is 0 Å². The molecule has 620 valence electrons. The molecule has 23 aromatic rings. The molecule has 0 saturated carbocycles. The first-order chi connectivity index (χ1) is 65.4. The normalized spacial score (nSPS) is 12.5. The second kappa shape index (κ2) is 33.2. The number of rotatable bonds is 17. The topological polar surface area (TPSA) is 32.8 Å². The number of fused-ring (bicyclic) bond motifs is 12. The molecule has 21 aromatic carbocycles. The lowest BCUT2D eigenvalue weighted by Crippen LogP contribution is -2.28. The number of hydrogen-bond acceptors (Lipinski definition) is 4. The average molecular weight is 1680 g/mol. The molecule has 4 nitrogen and oxygen atoms in total. The summed E-state index contributed by atoms with van der Waals surface area (Å²) in [6.45, 7) is 0. The number of furan rings is 2. The third kappa shape index (κ3) is 13.5. The zero-order valence-electron chi connectivity index (χ0n) is 72.4. The molecule has 25 rings (SSSR count). The van der Waals surface area contributed by atoms with E-state index >= 15 is 0 Å². The molecule has 0 unspecified atom stereocenters. The van der Waals surface area contributed by atoms with E-state index in [0.29, 0.717) is 0 Å². The average Bonchev–Trinajstić information content (AvgIpc) is 1.56. The lowest BCUT2D eigenvalue weighted by molar-refractivity contribution is 0.669. The third-order valence-electron chi connectivity index (χ3n) is 27.1. The Hall–Kier alpha value is -17.2. The predicted octanol–water partition coefficient (Wildman–Crippen LogP) is 34.5. The largest absolute Gasteiger partial charge is 0.455 e. The van der Waals surface area contributed by atoms with Gasteiger partial charge in [-0.2, -0.15) is 0 Å². The zero-order valence-corrected chi connectivity index (χ0v) is 72.4. The monoisotopic (exact) mass is 1680 g/mol. The van der Waals surface area contributed by atoms with Crippen LogP contribution in [0.2, 0.25) is 0 Å².